The molecule has 0 fully saturated rings. The van der Waals surface area contributed by atoms with Gasteiger partial charge in [0.2, 0.25) is 0 Å². The van der Waals surface area contributed by atoms with Gasteiger partial charge in [-0.15, -0.1) is 0 Å². The minimum atomic E-state index is 1.09. The molecule has 1 heteroatoms. The molecule has 0 unspecified atom stereocenters. The van der Waals surface area contributed by atoms with Crippen molar-refractivity contribution in [2.45, 2.75) is 13.8 Å². The van der Waals surface area contributed by atoms with Crippen LogP contribution in [0.1, 0.15) is 19.4 Å². The van der Waals surface area contributed by atoms with Crippen LogP contribution in [0.3, 0.4) is 0 Å². The topological polar surface area (TPSA) is 12.0 Å². The maximum Gasteiger partial charge on any atom is 0.00410 e. The first-order valence-electron chi connectivity index (χ1n) is 7.01. The van der Waals surface area contributed by atoms with E-state index in [2.05, 4.69) is 60.4 Å². The Balaban J connectivity index is 0.000000956. The Morgan fingerprint density at radius 2 is 1.45 bits per heavy atom. The summed E-state index contributed by atoms with van der Waals surface area (Å²) in [6.45, 7) is 7.83. The van der Waals surface area contributed by atoms with Crippen LogP contribution in [0, 0.1) is 0 Å². The van der Waals surface area contributed by atoms with Crippen molar-refractivity contribution < 1.29 is 0 Å². The standard InChI is InChI=1S/C17H17N.C2H6/c1-3-14(13-18-2)16-9-11-17(12-10-16)15-7-5-4-6-8-15;1-2/h3-13,18H,1H2,2H3;1-2H3/b14-13+;. The van der Waals surface area contributed by atoms with E-state index in [-0.39, 0.29) is 0 Å². The number of benzene rings is 2. The molecule has 0 saturated carbocycles. The van der Waals surface area contributed by atoms with Crippen LogP contribution in [-0.4, -0.2) is 7.05 Å². The lowest BCUT2D eigenvalue weighted by atomic mass is 10.0. The minimum absolute atomic E-state index is 1.09. The molecule has 2 rings (SSSR count). The third-order valence-electron chi connectivity index (χ3n) is 2.85. The second-order valence-corrected chi connectivity index (χ2v) is 4.04. The molecule has 0 radical (unpaired) electrons. The number of hydrogen-bond donors (Lipinski definition) is 1. The van der Waals surface area contributed by atoms with Gasteiger partial charge in [-0.2, -0.15) is 0 Å². The largest absolute Gasteiger partial charge is 0.393 e. The van der Waals surface area contributed by atoms with Crippen LogP contribution in [0.25, 0.3) is 16.7 Å². The smallest absolute Gasteiger partial charge is 0.00410 e. The molecule has 0 heterocycles. The Labute approximate surface area is 122 Å². The van der Waals surface area contributed by atoms with E-state index in [1.54, 1.807) is 0 Å². The van der Waals surface area contributed by atoms with Gasteiger partial charge in [0.25, 0.3) is 0 Å². The molecule has 0 bridgehead atoms. The van der Waals surface area contributed by atoms with Gasteiger partial charge < -0.3 is 5.32 Å². The molecule has 104 valence electrons. The predicted molar refractivity (Wildman–Crippen MR) is 90.5 cm³/mol. The summed E-state index contributed by atoms with van der Waals surface area (Å²) in [5, 5.41) is 3.03. The highest BCUT2D eigenvalue weighted by Crippen LogP contribution is 2.22. The Bertz CT molecular complexity index is 536. The summed E-state index contributed by atoms with van der Waals surface area (Å²) in [5.74, 6) is 0. The third kappa shape index (κ3) is 4.13. The summed E-state index contributed by atoms with van der Waals surface area (Å²) in [4.78, 5) is 0. The molecule has 0 aliphatic rings. The molecule has 0 saturated heterocycles. The number of nitrogens with one attached hydrogen (secondary N) is 1. The fraction of sp³-hybridized carbons (Fsp3) is 0.158. The highest BCUT2D eigenvalue weighted by atomic mass is 14.8. The number of rotatable bonds is 4. The zero-order valence-electron chi connectivity index (χ0n) is 12.6. The van der Waals surface area contributed by atoms with Gasteiger partial charge in [-0.1, -0.05) is 81.1 Å². The maximum atomic E-state index is 3.83. The lowest BCUT2D eigenvalue weighted by Crippen LogP contribution is -1.94. The zero-order valence-corrected chi connectivity index (χ0v) is 12.6. The van der Waals surface area contributed by atoms with Crippen molar-refractivity contribution in [1.29, 1.82) is 0 Å². The molecule has 0 aliphatic heterocycles. The average molecular weight is 265 g/mol. The summed E-state index contributed by atoms with van der Waals surface area (Å²) < 4.78 is 0. The molecule has 1 nitrogen and oxygen atoms in total. The second-order valence-electron chi connectivity index (χ2n) is 4.04. The van der Waals surface area contributed by atoms with E-state index in [1.165, 1.54) is 16.7 Å². The van der Waals surface area contributed by atoms with Gasteiger partial charge in [0.15, 0.2) is 0 Å². The summed E-state index contributed by atoms with van der Waals surface area (Å²) in [5.41, 5.74) is 4.73. The number of allylic oxidation sites excluding steroid dienone is 2. The van der Waals surface area contributed by atoms with Crippen molar-refractivity contribution >= 4 is 5.57 Å². The normalized spacial score (nSPS) is 10.2. The van der Waals surface area contributed by atoms with Gasteiger partial charge in [0.05, 0.1) is 0 Å². The van der Waals surface area contributed by atoms with E-state index in [4.69, 9.17) is 0 Å². The Morgan fingerprint density at radius 3 is 1.95 bits per heavy atom. The molecular formula is C19H23N. The summed E-state index contributed by atoms with van der Waals surface area (Å²) in [6.07, 6.45) is 3.80. The summed E-state index contributed by atoms with van der Waals surface area (Å²) >= 11 is 0. The quantitative estimate of drug-likeness (QED) is 0.756. The molecule has 0 amide bonds. The van der Waals surface area contributed by atoms with Crippen molar-refractivity contribution in [3.05, 3.63) is 79.0 Å². The summed E-state index contributed by atoms with van der Waals surface area (Å²) in [7, 11) is 1.89. The first-order chi connectivity index (χ1) is 9.85. The highest BCUT2D eigenvalue weighted by Gasteiger charge is 1.99. The molecular weight excluding hydrogens is 242 g/mol. The SMILES string of the molecule is C=C/C(=C\NC)c1ccc(-c2ccccc2)cc1.CC. The van der Waals surface area contributed by atoms with E-state index in [0.717, 1.165) is 5.57 Å². The molecule has 0 spiro atoms. The zero-order chi connectivity index (χ0) is 14.8. The van der Waals surface area contributed by atoms with Crippen molar-refractivity contribution in [3.63, 3.8) is 0 Å². The average Bonchev–Trinajstić information content (AvgIpc) is 2.55. The number of hydrogen-bond acceptors (Lipinski definition) is 1. The molecule has 2 aromatic carbocycles. The van der Waals surface area contributed by atoms with Gasteiger partial charge >= 0.3 is 0 Å². The first-order valence-corrected chi connectivity index (χ1v) is 7.01. The molecule has 0 aliphatic carbocycles. The van der Waals surface area contributed by atoms with Crippen LogP contribution in [0.2, 0.25) is 0 Å². The lowest BCUT2D eigenvalue weighted by Gasteiger charge is -2.05. The van der Waals surface area contributed by atoms with Crippen LogP contribution in [0.15, 0.2) is 73.5 Å². The van der Waals surface area contributed by atoms with Crippen LogP contribution in [0.5, 0.6) is 0 Å². The molecule has 0 atom stereocenters. The molecule has 20 heavy (non-hydrogen) atoms. The highest BCUT2D eigenvalue weighted by molar-refractivity contribution is 5.75. The van der Waals surface area contributed by atoms with Gasteiger partial charge in [0, 0.05) is 13.2 Å². The van der Waals surface area contributed by atoms with Crippen LogP contribution < -0.4 is 5.32 Å². The van der Waals surface area contributed by atoms with Crippen LogP contribution in [-0.2, 0) is 0 Å². The fourth-order valence-electron chi connectivity index (χ4n) is 1.90. The molecule has 0 aromatic heterocycles. The predicted octanol–water partition coefficient (Wildman–Crippen LogP) is 5.13. The monoisotopic (exact) mass is 265 g/mol. The third-order valence-corrected chi connectivity index (χ3v) is 2.85. The van der Waals surface area contributed by atoms with Crippen molar-refractivity contribution in [2.24, 2.45) is 0 Å². The Morgan fingerprint density at radius 1 is 0.900 bits per heavy atom. The fourth-order valence-corrected chi connectivity index (χ4v) is 1.90. The summed E-state index contributed by atoms with van der Waals surface area (Å²) in [6, 6.07) is 18.9. The molecule has 2 aromatic rings. The van der Waals surface area contributed by atoms with E-state index in [9.17, 15) is 0 Å². The van der Waals surface area contributed by atoms with Crippen molar-refractivity contribution in [3.8, 4) is 11.1 Å². The van der Waals surface area contributed by atoms with Gasteiger partial charge in [-0.05, 0) is 22.3 Å². The van der Waals surface area contributed by atoms with E-state index in [0.29, 0.717) is 0 Å². The lowest BCUT2D eigenvalue weighted by molar-refractivity contribution is 1.11. The Kier molecular flexibility index (Phi) is 6.91. The van der Waals surface area contributed by atoms with Crippen molar-refractivity contribution in [1.82, 2.24) is 5.32 Å². The van der Waals surface area contributed by atoms with Gasteiger partial charge in [-0.3, -0.25) is 0 Å². The maximum absolute atomic E-state index is 3.83. The van der Waals surface area contributed by atoms with Crippen LogP contribution in [0.4, 0.5) is 0 Å². The first kappa shape index (κ1) is 15.8. The molecule has 1 N–H and O–H groups in total. The Hall–Kier alpha value is -2.28. The van der Waals surface area contributed by atoms with Gasteiger partial charge in [0.1, 0.15) is 0 Å². The van der Waals surface area contributed by atoms with E-state index in [1.807, 2.05) is 39.2 Å². The van der Waals surface area contributed by atoms with E-state index < -0.39 is 0 Å². The van der Waals surface area contributed by atoms with E-state index >= 15 is 0 Å². The van der Waals surface area contributed by atoms with Crippen molar-refractivity contribution in [2.75, 3.05) is 7.05 Å². The second kappa shape index (κ2) is 8.76. The van der Waals surface area contributed by atoms with Crippen LogP contribution >= 0.6 is 0 Å². The van der Waals surface area contributed by atoms with Gasteiger partial charge in [-0.25, -0.2) is 0 Å². The minimum Gasteiger partial charge on any atom is -0.393 e.